The summed E-state index contributed by atoms with van der Waals surface area (Å²) in [6.07, 6.45) is 9.17. The van der Waals surface area contributed by atoms with Crippen LogP contribution in [-0.2, 0) is 4.74 Å². The molecule has 0 aliphatic carbocycles. The van der Waals surface area contributed by atoms with Crippen molar-refractivity contribution < 1.29 is 4.74 Å². The fraction of sp³-hybridized carbons (Fsp3) is 1.00. The van der Waals surface area contributed by atoms with Crippen molar-refractivity contribution in [1.82, 2.24) is 0 Å². The zero-order chi connectivity index (χ0) is 13.1. The van der Waals surface area contributed by atoms with Crippen LogP contribution in [0.1, 0.15) is 79.6 Å². The predicted octanol–water partition coefficient (Wildman–Crippen LogP) is 5.44. The number of ether oxygens (including phenoxy) is 1. The predicted molar refractivity (Wildman–Crippen MR) is 77.4 cm³/mol. The Morgan fingerprint density at radius 1 is 0.941 bits per heavy atom. The molecule has 0 saturated carbocycles. The molecule has 0 fully saturated rings. The maximum absolute atomic E-state index is 5.70. The van der Waals surface area contributed by atoms with Crippen LogP contribution in [0.15, 0.2) is 0 Å². The smallest absolute Gasteiger partial charge is 0.0468 e. The molecule has 0 aromatic carbocycles. The Balaban J connectivity index is 3.22. The quantitative estimate of drug-likeness (QED) is 0.464. The van der Waals surface area contributed by atoms with Gasteiger partial charge in [0.25, 0.3) is 0 Å². The number of hydrogen-bond acceptors (Lipinski definition) is 1. The van der Waals surface area contributed by atoms with Crippen molar-refractivity contribution in [2.75, 3.05) is 13.2 Å². The fourth-order valence-corrected chi connectivity index (χ4v) is 2.34. The summed E-state index contributed by atoms with van der Waals surface area (Å²) in [5.74, 6) is 0.787. The van der Waals surface area contributed by atoms with E-state index in [1.807, 2.05) is 0 Å². The molecule has 1 atom stereocenters. The van der Waals surface area contributed by atoms with E-state index < -0.39 is 0 Å². The van der Waals surface area contributed by atoms with Gasteiger partial charge in [0, 0.05) is 13.2 Å². The van der Waals surface area contributed by atoms with Gasteiger partial charge in [-0.1, -0.05) is 60.3 Å². The van der Waals surface area contributed by atoms with Gasteiger partial charge in [-0.05, 0) is 30.6 Å². The Labute approximate surface area is 109 Å². The summed E-state index contributed by atoms with van der Waals surface area (Å²) in [4.78, 5) is 0. The zero-order valence-electron chi connectivity index (χ0n) is 12.8. The molecule has 1 nitrogen and oxygen atoms in total. The number of rotatable bonds is 10. The van der Waals surface area contributed by atoms with Gasteiger partial charge in [0.1, 0.15) is 0 Å². The third-order valence-corrected chi connectivity index (χ3v) is 3.11. The second-order valence-electron chi connectivity index (χ2n) is 6.69. The number of unbranched alkanes of at least 4 members (excludes halogenated alkanes) is 4. The van der Waals surface area contributed by atoms with Crippen molar-refractivity contribution in [1.29, 1.82) is 0 Å². The van der Waals surface area contributed by atoms with Crippen LogP contribution < -0.4 is 0 Å². The van der Waals surface area contributed by atoms with Crippen molar-refractivity contribution >= 4 is 0 Å². The van der Waals surface area contributed by atoms with Gasteiger partial charge in [0.05, 0.1) is 0 Å². The van der Waals surface area contributed by atoms with Crippen molar-refractivity contribution in [3.63, 3.8) is 0 Å². The molecule has 1 heteroatoms. The highest BCUT2D eigenvalue weighted by atomic mass is 16.5. The van der Waals surface area contributed by atoms with Gasteiger partial charge in [-0.15, -0.1) is 0 Å². The summed E-state index contributed by atoms with van der Waals surface area (Å²) in [6.45, 7) is 13.5. The average Bonchev–Trinajstić information content (AvgIpc) is 2.19. The van der Waals surface area contributed by atoms with Crippen LogP contribution in [0.25, 0.3) is 0 Å². The van der Waals surface area contributed by atoms with Gasteiger partial charge in [0.15, 0.2) is 0 Å². The molecule has 104 valence electrons. The van der Waals surface area contributed by atoms with E-state index in [2.05, 4.69) is 34.6 Å². The molecule has 1 unspecified atom stereocenters. The van der Waals surface area contributed by atoms with Gasteiger partial charge in [-0.2, -0.15) is 0 Å². The number of hydrogen-bond donors (Lipinski definition) is 0. The van der Waals surface area contributed by atoms with E-state index in [0.29, 0.717) is 5.41 Å². The van der Waals surface area contributed by atoms with Crippen molar-refractivity contribution in [2.45, 2.75) is 79.6 Å². The largest absolute Gasteiger partial charge is 0.381 e. The minimum absolute atomic E-state index is 0.458. The van der Waals surface area contributed by atoms with E-state index >= 15 is 0 Å². The first-order valence-corrected chi connectivity index (χ1v) is 7.53. The summed E-state index contributed by atoms with van der Waals surface area (Å²) in [5, 5.41) is 0. The Morgan fingerprint density at radius 2 is 1.59 bits per heavy atom. The van der Waals surface area contributed by atoms with Crippen LogP contribution in [-0.4, -0.2) is 13.2 Å². The van der Waals surface area contributed by atoms with E-state index in [-0.39, 0.29) is 0 Å². The van der Waals surface area contributed by atoms with Crippen LogP contribution in [0.5, 0.6) is 0 Å². The maximum atomic E-state index is 5.70. The summed E-state index contributed by atoms with van der Waals surface area (Å²) in [5.41, 5.74) is 0.458. The fourth-order valence-electron chi connectivity index (χ4n) is 2.34. The molecule has 0 amide bonds. The van der Waals surface area contributed by atoms with Gasteiger partial charge in [-0.25, -0.2) is 0 Å². The lowest BCUT2D eigenvalue weighted by Crippen LogP contribution is -2.12. The minimum Gasteiger partial charge on any atom is -0.381 e. The van der Waals surface area contributed by atoms with Gasteiger partial charge in [0.2, 0.25) is 0 Å². The second kappa shape index (κ2) is 9.94. The molecule has 0 bridgehead atoms. The lowest BCUT2D eigenvalue weighted by atomic mass is 9.84. The molecule has 0 radical (unpaired) electrons. The molecule has 0 aliphatic rings. The highest BCUT2D eigenvalue weighted by Crippen LogP contribution is 2.25. The highest BCUT2D eigenvalue weighted by Gasteiger charge is 2.14. The SMILES string of the molecule is CCCCCCCOCCC(C)CC(C)(C)C. The van der Waals surface area contributed by atoms with Crippen LogP contribution >= 0.6 is 0 Å². The van der Waals surface area contributed by atoms with E-state index in [9.17, 15) is 0 Å². The molecule has 0 spiro atoms. The zero-order valence-corrected chi connectivity index (χ0v) is 12.8. The Morgan fingerprint density at radius 3 is 2.18 bits per heavy atom. The van der Waals surface area contributed by atoms with E-state index in [1.165, 1.54) is 44.9 Å². The van der Waals surface area contributed by atoms with E-state index in [0.717, 1.165) is 19.1 Å². The molecule has 0 aromatic rings. The van der Waals surface area contributed by atoms with Gasteiger partial charge >= 0.3 is 0 Å². The van der Waals surface area contributed by atoms with Gasteiger partial charge in [-0.3, -0.25) is 0 Å². The van der Waals surface area contributed by atoms with Crippen LogP contribution in [0.4, 0.5) is 0 Å². The topological polar surface area (TPSA) is 9.23 Å². The lowest BCUT2D eigenvalue weighted by Gasteiger charge is -2.23. The summed E-state index contributed by atoms with van der Waals surface area (Å²) in [7, 11) is 0. The molecule has 0 aromatic heterocycles. The Hall–Kier alpha value is -0.0400. The summed E-state index contributed by atoms with van der Waals surface area (Å²) in [6, 6.07) is 0. The maximum Gasteiger partial charge on any atom is 0.0468 e. The first-order valence-electron chi connectivity index (χ1n) is 7.53. The summed E-state index contributed by atoms with van der Waals surface area (Å²) >= 11 is 0. The monoisotopic (exact) mass is 242 g/mol. The molecule has 17 heavy (non-hydrogen) atoms. The average molecular weight is 242 g/mol. The van der Waals surface area contributed by atoms with E-state index in [1.54, 1.807) is 0 Å². The van der Waals surface area contributed by atoms with Crippen molar-refractivity contribution in [3.05, 3.63) is 0 Å². The second-order valence-corrected chi connectivity index (χ2v) is 6.69. The van der Waals surface area contributed by atoms with Gasteiger partial charge < -0.3 is 4.74 Å². The standard InChI is InChI=1S/C16H34O/c1-6-7-8-9-10-12-17-13-11-15(2)14-16(3,4)5/h15H,6-14H2,1-5H3. The first-order chi connectivity index (χ1) is 7.95. The molecule has 0 heterocycles. The highest BCUT2D eigenvalue weighted by molar-refractivity contribution is 4.66. The van der Waals surface area contributed by atoms with Crippen LogP contribution in [0, 0.1) is 11.3 Å². The molecular formula is C16H34O. The van der Waals surface area contributed by atoms with E-state index in [4.69, 9.17) is 4.74 Å². The first kappa shape index (κ1) is 17.0. The van der Waals surface area contributed by atoms with Crippen molar-refractivity contribution in [2.24, 2.45) is 11.3 Å². The Bertz CT molecular complexity index is 157. The van der Waals surface area contributed by atoms with Crippen LogP contribution in [0.3, 0.4) is 0 Å². The molecule has 0 aliphatic heterocycles. The molecule has 0 N–H and O–H groups in total. The van der Waals surface area contributed by atoms with Crippen molar-refractivity contribution in [3.8, 4) is 0 Å². The third-order valence-electron chi connectivity index (χ3n) is 3.11. The van der Waals surface area contributed by atoms with Crippen LogP contribution in [0.2, 0.25) is 0 Å². The normalized spacial score (nSPS) is 13.9. The molecule has 0 rings (SSSR count). The Kier molecular flexibility index (Phi) is 9.91. The third kappa shape index (κ3) is 13.9. The molecule has 0 saturated heterocycles. The summed E-state index contributed by atoms with van der Waals surface area (Å²) < 4.78 is 5.70. The minimum atomic E-state index is 0.458. The molecular weight excluding hydrogens is 208 g/mol. The lowest BCUT2D eigenvalue weighted by molar-refractivity contribution is 0.112.